The summed E-state index contributed by atoms with van der Waals surface area (Å²) >= 11 is 0. The minimum absolute atomic E-state index is 0. The molecular weight excluding hydrogens is 1120 g/mol. The summed E-state index contributed by atoms with van der Waals surface area (Å²) in [5.74, 6) is 1.62. The summed E-state index contributed by atoms with van der Waals surface area (Å²) in [6, 6.07) is 59.6. The van der Waals surface area contributed by atoms with Gasteiger partial charge in [-0.2, -0.15) is 12.1 Å². The number of anilines is 2. The molecule has 8 aromatic carbocycles. The zero-order valence-corrected chi connectivity index (χ0v) is 47.0. The average molecular weight is 1200 g/mol. The van der Waals surface area contributed by atoms with Crippen LogP contribution in [0.2, 0.25) is 0 Å². The van der Waals surface area contributed by atoms with E-state index in [1.807, 2.05) is 169 Å². The summed E-state index contributed by atoms with van der Waals surface area (Å²) in [4.78, 5) is 6.88. The van der Waals surface area contributed by atoms with E-state index in [9.17, 15) is 2.74 Å². The van der Waals surface area contributed by atoms with Crippen molar-refractivity contribution >= 4 is 76.5 Å². The molecule has 0 unspecified atom stereocenters. The smallest absolute Gasteiger partial charge is 0.135 e. The first-order chi connectivity index (χ1) is 40.7. The zero-order valence-electron chi connectivity index (χ0n) is 55.8. The standard InChI is InChI=1S/C71H67N4O.Pt/c1-68(2,3)43-45-31-33-53(46-37-48(70(7,8)9)39-49(38-46)71(10,11)12)67-65(45)59-27-16-15-24-55(59)54-23-13-14-25-56(54)60-28-20-30-62-66(60)74(67)44-73(62)50-21-19-22-51(41-50)76-52-32-34-58-57-26-17-18-29-61(57)75(63(58)42-52)64-40-47(35-36-72-64)69(4,5)6;/h13-40,44H,43H2,1-12H3;/q-3;/i7D3,8D3,9D3,43D2;. The van der Waals surface area contributed by atoms with Crippen molar-refractivity contribution in [2.45, 2.75) is 105 Å². The Balaban J connectivity index is 0.00000800. The largest absolute Gasteiger partial charge is 0.509 e. The van der Waals surface area contributed by atoms with Crippen LogP contribution in [0.3, 0.4) is 0 Å². The maximum Gasteiger partial charge on any atom is 0.135 e. The number of aromatic nitrogens is 3. The summed E-state index contributed by atoms with van der Waals surface area (Å²) in [5, 5.41) is 6.72. The number of para-hydroxylation sites is 2. The summed E-state index contributed by atoms with van der Waals surface area (Å²) in [5.41, 5.74) is 1.56. The van der Waals surface area contributed by atoms with Crippen LogP contribution in [0.4, 0.5) is 11.4 Å². The second-order valence-corrected chi connectivity index (χ2v) is 23.3. The minimum atomic E-state index is -3.55. The van der Waals surface area contributed by atoms with Crippen molar-refractivity contribution in [3.8, 4) is 28.4 Å². The number of fused-ring (bicyclic) bond motifs is 10. The van der Waals surface area contributed by atoms with Gasteiger partial charge in [0.15, 0.2) is 0 Å². The van der Waals surface area contributed by atoms with Crippen LogP contribution in [0, 0.1) is 24.2 Å². The van der Waals surface area contributed by atoms with E-state index in [4.69, 9.17) is 22.1 Å². The van der Waals surface area contributed by atoms with Gasteiger partial charge >= 0.3 is 0 Å². The van der Waals surface area contributed by atoms with E-state index >= 15 is 0 Å². The molecule has 1 aliphatic rings. The van der Waals surface area contributed by atoms with Crippen molar-refractivity contribution in [1.82, 2.24) is 14.1 Å². The molecule has 77 heavy (non-hydrogen) atoms. The molecule has 0 fully saturated rings. The fourth-order valence-corrected chi connectivity index (χ4v) is 10.9. The van der Waals surface area contributed by atoms with Crippen LogP contribution in [-0.4, -0.2) is 14.1 Å². The Hall–Kier alpha value is -7.33. The molecule has 12 rings (SSSR count). The number of rotatable bonds is 6. The monoisotopic (exact) mass is 1200 g/mol. The van der Waals surface area contributed by atoms with Gasteiger partial charge < -0.3 is 18.8 Å². The molecule has 0 saturated carbocycles. The van der Waals surface area contributed by atoms with Crippen molar-refractivity contribution in [3.05, 3.63) is 211 Å². The second kappa shape index (κ2) is 19.0. The van der Waals surface area contributed by atoms with Gasteiger partial charge in [0.1, 0.15) is 5.82 Å². The first-order valence-electron chi connectivity index (χ1n) is 31.4. The third-order valence-corrected chi connectivity index (χ3v) is 14.6. The van der Waals surface area contributed by atoms with E-state index in [1.165, 1.54) is 12.1 Å². The molecule has 1 aliphatic heterocycles. The van der Waals surface area contributed by atoms with Crippen LogP contribution in [0.1, 0.15) is 120 Å². The van der Waals surface area contributed by atoms with Crippen molar-refractivity contribution in [2.75, 3.05) is 4.90 Å². The maximum absolute atomic E-state index is 10.2. The van der Waals surface area contributed by atoms with Crippen LogP contribution >= 0.6 is 0 Å². The molecule has 3 aromatic heterocycles. The number of nitrogens with zero attached hydrogens (tertiary/aromatic N) is 4. The second-order valence-electron chi connectivity index (χ2n) is 23.3. The molecule has 0 aliphatic carbocycles. The molecule has 0 bridgehead atoms. The van der Waals surface area contributed by atoms with Crippen molar-refractivity contribution in [1.29, 1.82) is 0 Å². The Morgan fingerprint density at radius 1 is 0.558 bits per heavy atom. The van der Waals surface area contributed by atoms with E-state index in [2.05, 4.69) is 78.4 Å². The van der Waals surface area contributed by atoms with Gasteiger partial charge in [0.05, 0.1) is 0 Å². The van der Waals surface area contributed by atoms with Crippen LogP contribution in [0.25, 0.3) is 82.1 Å². The molecule has 0 amide bonds. The van der Waals surface area contributed by atoms with Crippen LogP contribution in [0.5, 0.6) is 11.5 Å². The molecular formula is C71H67N4OPt-3. The van der Waals surface area contributed by atoms with Gasteiger partial charge in [-0.1, -0.05) is 203 Å². The summed E-state index contributed by atoms with van der Waals surface area (Å²) in [6.45, 7) is 9.16. The Labute approximate surface area is 484 Å². The molecule has 0 atom stereocenters. The Morgan fingerprint density at radius 2 is 1.18 bits per heavy atom. The van der Waals surface area contributed by atoms with Crippen molar-refractivity contribution in [3.63, 3.8) is 0 Å². The maximum atomic E-state index is 10.2. The first-order valence-corrected chi connectivity index (χ1v) is 25.9. The van der Waals surface area contributed by atoms with Gasteiger partial charge in [-0.3, -0.25) is 0 Å². The van der Waals surface area contributed by atoms with Crippen LogP contribution in [-0.2, 0) is 43.7 Å². The van der Waals surface area contributed by atoms with Gasteiger partial charge in [0.2, 0.25) is 0 Å². The normalized spacial score (nSPS) is 15.8. The average Bonchev–Trinajstić information content (AvgIpc) is 0.938. The molecule has 0 spiro atoms. The molecule has 0 saturated heterocycles. The zero-order chi connectivity index (χ0) is 62.3. The number of hydrogen-bond donors (Lipinski definition) is 0. The van der Waals surface area contributed by atoms with E-state index in [0.717, 1.165) is 65.9 Å². The molecule has 11 aromatic rings. The number of benzene rings is 8. The number of pyridine rings is 1. The number of ether oxygens (including phenoxy) is 1. The van der Waals surface area contributed by atoms with Crippen LogP contribution < -0.4 is 9.64 Å². The van der Waals surface area contributed by atoms with Crippen molar-refractivity contribution in [2.24, 2.45) is 5.41 Å². The Kier molecular flexibility index (Phi) is 9.86. The van der Waals surface area contributed by atoms with Gasteiger partial charge in [-0.15, -0.1) is 35.7 Å². The summed E-state index contributed by atoms with van der Waals surface area (Å²) in [6.07, 6.45) is -0.171. The number of hydrogen-bond acceptors (Lipinski definition) is 3. The van der Waals surface area contributed by atoms with Gasteiger partial charge in [0.25, 0.3) is 0 Å². The minimum Gasteiger partial charge on any atom is -0.509 e. The van der Waals surface area contributed by atoms with E-state index in [1.54, 1.807) is 6.07 Å². The molecule has 0 radical (unpaired) electrons. The predicted molar refractivity (Wildman–Crippen MR) is 321 cm³/mol. The fraction of sp³-hybridized carbons (Fsp3) is 0.239. The fourth-order valence-electron chi connectivity index (χ4n) is 10.9. The quantitative estimate of drug-likeness (QED) is 0.156. The SMILES string of the molecule is [2H]C([2H])([2H])C(c1cc(-c2ccc(C([2H])([2H])C(C)(C)C)c3c4ccccc4c4ccccc4c4cccc5c4n(c23)[CH-]N5c2[c-]c(Oc3[c-]c4c(cc3)c3ccccc3n4-c3cc(C(C)(C)C)ccn3)ccc2)cc(C(C)(C)C)c1)(C([2H])([2H])[2H])C([2H])([2H])[2H].[Pt]. The predicted octanol–water partition coefficient (Wildman–Crippen LogP) is 19.4. The molecule has 6 heteroatoms. The Morgan fingerprint density at radius 3 is 1.88 bits per heavy atom. The summed E-state index contributed by atoms with van der Waals surface area (Å²) in [7, 11) is 0. The summed E-state index contributed by atoms with van der Waals surface area (Å²) < 4.78 is 111. The van der Waals surface area contributed by atoms with Gasteiger partial charge in [-0.05, 0) is 141 Å². The molecule has 0 N–H and O–H groups in total. The van der Waals surface area contributed by atoms with Crippen LogP contribution in [0.15, 0.2) is 170 Å². The van der Waals surface area contributed by atoms with Crippen molar-refractivity contribution < 1.29 is 40.9 Å². The first kappa shape index (κ1) is 40.0. The van der Waals surface area contributed by atoms with Gasteiger partial charge in [0, 0.05) is 65.0 Å². The van der Waals surface area contributed by atoms with E-state index in [-0.39, 0.29) is 32.0 Å². The Bertz CT molecular complexity index is 4630. The van der Waals surface area contributed by atoms with E-state index in [0.29, 0.717) is 55.7 Å². The third-order valence-electron chi connectivity index (χ3n) is 14.6. The third kappa shape index (κ3) is 9.35. The topological polar surface area (TPSA) is 35.2 Å². The molecule has 5 nitrogen and oxygen atoms in total. The molecule has 390 valence electrons. The van der Waals surface area contributed by atoms with Gasteiger partial charge in [-0.25, -0.2) is 4.98 Å². The van der Waals surface area contributed by atoms with E-state index < -0.39 is 43.2 Å². The molecule has 4 heterocycles.